The van der Waals surface area contributed by atoms with E-state index >= 15 is 0 Å². The Morgan fingerprint density at radius 2 is 0.953 bits per heavy atom. The van der Waals surface area contributed by atoms with Gasteiger partial charge in [-0.25, -0.2) is 0 Å². The van der Waals surface area contributed by atoms with Crippen molar-refractivity contribution in [2.45, 2.75) is 0 Å². The van der Waals surface area contributed by atoms with Crippen LogP contribution in [0.5, 0.6) is 0 Å². The Balaban J connectivity index is 1.29. The number of thiophene rings is 2. The van der Waals surface area contributed by atoms with Gasteiger partial charge in [0.15, 0.2) is 0 Å². The molecule has 0 saturated heterocycles. The van der Waals surface area contributed by atoms with Gasteiger partial charge in [-0.2, -0.15) is 0 Å². The third-order valence-corrected chi connectivity index (χ3v) is 10.7. The maximum atomic E-state index is 2.43. The molecule has 9 rings (SSSR count). The first-order valence-electron chi connectivity index (χ1n) is 14.5. The van der Waals surface area contributed by atoms with Crippen LogP contribution in [-0.4, -0.2) is 0 Å². The topological polar surface area (TPSA) is 3.24 Å². The molecule has 0 saturated carbocycles. The van der Waals surface area contributed by atoms with Gasteiger partial charge in [0.2, 0.25) is 0 Å². The van der Waals surface area contributed by atoms with Crippen molar-refractivity contribution in [1.82, 2.24) is 0 Å². The minimum atomic E-state index is 1.14. The number of hydrogen-bond acceptors (Lipinski definition) is 3. The van der Waals surface area contributed by atoms with Gasteiger partial charge in [0.05, 0.1) is 5.69 Å². The molecule has 2 aromatic heterocycles. The van der Waals surface area contributed by atoms with E-state index in [2.05, 4.69) is 157 Å². The molecule has 43 heavy (non-hydrogen) atoms. The summed E-state index contributed by atoms with van der Waals surface area (Å²) in [4.78, 5) is 2.43. The maximum absolute atomic E-state index is 2.43. The standard InChI is InChI=1S/C40H25NS2/c1-2-9-26(10-3-1)27-17-19-28(20-18-27)41(29-21-22-32-31-11-4-6-15-36(31)43-39(32)25-29)35-14-8-13-33-30(35)23-24-38-40(33)34-12-5-7-16-37(34)42-38/h1-25H. The second-order valence-corrected chi connectivity index (χ2v) is 13.1. The Bertz CT molecular complexity index is 2450. The first-order chi connectivity index (χ1) is 21.3. The van der Waals surface area contributed by atoms with E-state index in [1.807, 2.05) is 22.7 Å². The Hall–Kier alpha value is -4.96. The van der Waals surface area contributed by atoms with Gasteiger partial charge in [-0.05, 0) is 65.0 Å². The molecule has 0 bridgehead atoms. The molecule has 202 valence electrons. The third-order valence-electron chi connectivity index (χ3n) is 8.47. The van der Waals surface area contributed by atoms with Crippen molar-refractivity contribution in [3.05, 3.63) is 152 Å². The second-order valence-electron chi connectivity index (χ2n) is 10.9. The van der Waals surface area contributed by atoms with Gasteiger partial charge >= 0.3 is 0 Å². The van der Waals surface area contributed by atoms with E-state index in [9.17, 15) is 0 Å². The summed E-state index contributed by atoms with van der Waals surface area (Å²) in [5, 5.41) is 7.86. The lowest BCUT2D eigenvalue weighted by atomic mass is 10.0. The molecule has 0 fully saturated rings. The van der Waals surface area contributed by atoms with Crippen molar-refractivity contribution >= 4 is 90.9 Å². The summed E-state index contributed by atoms with van der Waals surface area (Å²) < 4.78 is 5.29. The van der Waals surface area contributed by atoms with Crippen molar-refractivity contribution < 1.29 is 0 Å². The summed E-state index contributed by atoms with van der Waals surface area (Å²) >= 11 is 3.74. The van der Waals surface area contributed by atoms with Gasteiger partial charge in [0, 0.05) is 57.1 Å². The molecular weight excluding hydrogens is 559 g/mol. The summed E-state index contributed by atoms with van der Waals surface area (Å²) in [5.74, 6) is 0. The van der Waals surface area contributed by atoms with Crippen molar-refractivity contribution in [2.24, 2.45) is 0 Å². The van der Waals surface area contributed by atoms with E-state index < -0.39 is 0 Å². The number of benzene rings is 7. The van der Waals surface area contributed by atoms with Crippen LogP contribution in [0, 0.1) is 0 Å². The van der Waals surface area contributed by atoms with Crippen molar-refractivity contribution in [3.8, 4) is 11.1 Å². The maximum Gasteiger partial charge on any atom is 0.0540 e. The zero-order valence-corrected chi connectivity index (χ0v) is 24.8. The lowest BCUT2D eigenvalue weighted by Gasteiger charge is -2.27. The molecule has 0 amide bonds. The predicted octanol–water partition coefficient (Wildman–Crippen LogP) is 12.7. The van der Waals surface area contributed by atoms with Crippen LogP contribution in [-0.2, 0) is 0 Å². The Labute approximate surface area is 257 Å². The van der Waals surface area contributed by atoms with Crippen LogP contribution in [0.25, 0.3) is 62.2 Å². The quantitative estimate of drug-likeness (QED) is 0.199. The Morgan fingerprint density at radius 3 is 1.79 bits per heavy atom. The van der Waals surface area contributed by atoms with E-state index in [4.69, 9.17) is 0 Å². The number of hydrogen-bond donors (Lipinski definition) is 0. The highest BCUT2D eigenvalue weighted by molar-refractivity contribution is 7.26. The van der Waals surface area contributed by atoms with Gasteiger partial charge in [0.1, 0.15) is 0 Å². The van der Waals surface area contributed by atoms with Gasteiger partial charge in [0.25, 0.3) is 0 Å². The molecule has 3 heteroatoms. The number of nitrogens with zero attached hydrogens (tertiary/aromatic N) is 1. The lowest BCUT2D eigenvalue weighted by molar-refractivity contribution is 1.31. The van der Waals surface area contributed by atoms with Crippen LogP contribution in [0.4, 0.5) is 17.1 Å². The van der Waals surface area contributed by atoms with Crippen molar-refractivity contribution in [3.63, 3.8) is 0 Å². The SMILES string of the molecule is c1ccc(-c2ccc(N(c3ccc4c(c3)sc3ccccc34)c3cccc4c3ccc3sc5ccccc5c34)cc2)cc1. The molecule has 0 atom stereocenters. The molecule has 0 aliphatic carbocycles. The Kier molecular flexibility index (Phi) is 5.62. The highest BCUT2D eigenvalue weighted by Crippen LogP contribution is 2.45. The molecule has 0 radical (unpaired) electrons. The van der Waals surface area contributed by atoms with Crippen LogP contribution in [0.1, 0.15) is 0 Å². The summed E-state index contributed by atoms with van der Waals surface area (Å²) in [6.45, 7) is 0. The summed E-state index contributed by atoms with van der Waals surface area (Å²) in [6.07, 6.45) is 0. The minimum Gasteiger partial charge on any atom is -0.310 e. The van der Waals surface area contributed by atoms with E-state index in [0.717, 1.165) is 11.4 Å². The predicted molar refractivity (Wildman–Crippen MR) is 190 cm³/mol. The molecule has 0 aliphatic heterocycles. The average molecular weight is 584 g/mol. The number of rotatable bonds is 4. The highest BCUT2D eigenvalue weighted by atomic mass is 32.1. The fourth-order valence-electron chi connectivity index (χ4n) is 6.47. The smallest absolute Gasteiger partial charge is 0.0540 e. The molecule has 9 aromatic rings. The molecule has 7 aromatic carbocycles. The van der Waals surface area contributed by atoms with Crippen LogP contribution >= 0.6 is 22.7 Å². The van der Waals surface area contributed by atoms with Crippen LogP contribution in [0.2, 0.25) is 0 Å². The van der Waals surface area contributed by atoms with E-state index in [1.54, 1.807) is 0 Å². The summed E-state index contributed by atoms with van der Waals surface area (Å²) in [7, 11) is 0. The van der Waals surface area contributed by atoms with E-state index in [1.165, 1.54) is 67.9 Å². The van der Waals surface area contributed by atoms with Gasteiger partial charge in [-0.15, -0.1) is 22.7 Å². The third kappa shape index (κ3) is 3.97. The van der Waals surface area contributed by atoms with Crippen LogP contribution in [0.3, 0.4) is 0 Å². The van der Waals surface area contributed by atoms with Crippen molar-refractivity contribution in [2.75, 3.05) is 4.90 Å². The van der Waals surface area contributed by atoms with Gasteiger partial charge in [-0.3, -0.25) is 0 Å². The fourth-order valence-corrected chi connectivity index (χ4v) is 8.73. The number of anilines is 3. The van der Waals surface area contributed by atoms with E-state index in [0.29, 0.717) is 0 Å². The number of fused-ring (bicyclic) bond motifs is 8. The first-order valence-corrected chi connectivity index (χ1v) is 16.1. The molecule has 1 nitrogen and oxygen atoms in total. The van der Waals surface area contributed by atoms with Crippen LogP contribution in [0.15, 0.2) is 152 Å². The average Bonchev–Trinajstić information content (AvgIpc) is 3.64. The highest BCUT2D eigenvalue weighted by Gasteiger charge is 2.19. The molecule has 0 aliphatic rings. The lowest BCUT2D eigenvalue weighted by Crippen LogP contribution is -2.10. The Morgan fingerprint density at radius 1 is 0.349 bits per heavy atom. The van der Waals surface area contributed by atoms with Gasteiger partial charge in [-0.1, -0.05) is 103 Å². The molecule has 0 N–H and O–H groups in total. The molecule has 2 heterocycles. The minimum absolute atomic E-state index is 1.14. The largest absolute Gasteiger partial charge is 0.310 e. The summed E-state index contributed by atoms with van der Waals surface area (Å²) in [6, 6.07) is 55.4. The van der Waals surface area contributed by atoms with Crippen LogP contribution < -0.4 is 4.90 Å². The monoisotopic (exact) mass is 583 g/mol. The van der Waals surface area contributed by atoms with Gasteiger partial charge < -0.3 is 4.90 Å². The molecule has 0 unspecified atom stereocenters. The van der Waals surface area contributed by atoms with E-state index in [-0.39, 0.29) is 0 Å². The molecule has 0 spiro atoms. The first kappa shape index (κ1) is 24.6. The second kappa shape index (κ2) is 9.81. The summed E-state index contributed by atoms with van der Waals surface area (Å²) in [5.41, 5.74) is 5.93. The zero-order valence-electron chi connectivity index (χ0n) is 23.2. The fraction of sp³-hybridized carbons (Fsp3) is 0. The normalized spacial score (nSPS) is 11.7. The molecular formula is C40H25NS2. The zero-order chi connectivity index (χ0) is 28.3. The van der Waals surface area contributed by atoms with Crippen molar-refractivity contribution in [1.29, 1.82) is 0 Å².